The molecule has 1 aliphatic carbocycles. The summed E-state index contributed by atoms with van der Waals surface area (Å²) in [6.45, 7) is -2.92. The molecule has 1 aromatic heterocycles. The van der Waals surface area contributed by atoms with Crippen molar-refractivity contribution < 1.29 is 18.3 Å². The van der Waals surface area contributed by atoms with Crippen LogP contribution in [0.15, 0.2) is 36.7 Å². The van der Waals surface area contributed by atoms with Crippen LogP contribution in [0, 0.1) is 5.92 Å². The number of halogens is 2. The van der Waals surface area contributed by atoms with E-state index >= 15 is 0 Å². The molecule has 1 aliphatic rings. The maximum atomic E-state index is 12.4. The number of carbonyl (C=O) groups is 1. The van der Waals surface area contributed by atoms with E-state index in [1.54, 1.807) is 12.3 Å². The van der Waals surface area contributed by atoms with Gasteiger partial charge < -0.3 is 14.6 Å². The SMILES string of the molecule is Cn1ccnc1[C@@H](NC(=O)c1cccc(OC(F)F)c1)C1CC1. The molecule has 0 saturated heterocycles. The smallest absolute Gasteiger partial charge is 0.387 e. The molecule has 23 heavy (non-hydrogen) atoms. The number of rotatable bonds is 6. The number of carbonyl (C=O) groups excluding carboxylic acids is 1. The third-order valence-corrected chi connectivity index (χ3v) is 3.84. The number of hydrogen-bond donors (Lipinski definition) is 1. The molecule has 0 spiro atoms. The lowest BCUT2D eigenvalue weighted by atomic mass is 10.1. The summed E-state index contributed by atoms with van der Waals surface area (Å²) < 4.78 is 30.8. The Morgan fingerprint density at radius 3 is 2.83 bits per heavy atom. The van der Waals surface area contributed by atoms with Crippen molar-refractivity contribution in [3.63, 3.8) is 0 Å². The van der Waals surface area contributed by atoms with Gasteiger partial charge in [-0.25, -0.2) is 4.98 Å². The van der Waals surface area contributed by atoms with Gasteiger partial charge in [-0.3, -0.25) is 4.79 Å². The summed E-state index contributed by atoms with van der Waals surface area (Å²) in [6.07, 6.45) is 5.58. The summed E-state index contributed by atoms with van der Waals surface area (Å²) in [7, 11) is 1.88. The number of alkyl halides is 2. The van der Waals surface area contributed by atoms with Crippen LogP contribution in [0.2, 0.25) is 0 Å². The molecule has 1 atom stereocenters. The minimum Gasteiger partial charge on any atom is -0.435 e. The van der Waals surface area contributed by atoms with E-state index in [-0.39, 0.29) is 23.3 Å². The molecular weight excluding hydrogens is 304 g/mol. The van der Waals surface area contributed by atoms with E-state index in [2.05, 4.69) is 15.0 Å². The van der Waals surface area contributed by atoms with Gasteiger partial charge in [0.15, 0.2) is 0 Å². The third-order valence-electron chi connectivity index (χ3n) is 3.84. The van der Waals surface area contributed by atoms with Crippen molar-refractivity contribution in [2.75, 3.05) is 0 Å². The van der Waals surface area contributed by atoms with E-state index < -0.39 is 6.61 Å². The van der Waals surface area contributed by atoms with Gasteiger partial charge >= 0.3 is 6.61 Å². The number of nitrogens with one attached hydrogen (secondary N) is 1. The number of benzene rings is 1. The monoisotopic (exact) mass is 321 g/mol. The van der Waals surface area contributed by atoms with Gasteiger partial charge in [0.25, 0.3) is 5.91 Å². The molecule has 5 nitrogen and oxygen atoms in total. The number of ether oxygens (including phenoxy) is 1. The van der Waals surface area contributed by atoms with Gasteiger partial charge in [-0.1, -0.05) is 6.07 Å². The van der Waals surface area contributed by atoms with Crippen molar-refractivity contribution >= 4 is 5.91 Å². The lowest BCUT2D eigenvalue weighted by Crippen LogP contribution is -2.31. The van der Waals surface area contributed by atoms with Crippen LogP contribution in [0.25, 0.3) is 0 Å². The first-order valence-electron chi connectivity index (χ1n) is 7.37. The topological polar surface area (TPSA) is 56.2 Å². The van der Waals surface area contributed by atoms with E-state index in [1.165, 1.54) is 18.2 Å². The first-order valence-corrected chi connectivity index (χ1v) is 7.37. The summed E-state index contributed by atoms with van der Waals surface area (Å²) in [4.78, 5) is 16.7. The minimum absolute atomic E-state index is 0.0346. The van der Waals surface area contributed by atoms with Crippen molar-refractivity contribution in [3.8, 4) is 5.75 Å². The molecule has 0 radical (unpaired) electrons. The highest BCUT2D eigenvalue weighted by molar-refractivity contribution is 5.94. The Labute approximate surface area is 132 Å². The summed E-state index contributed by atoms with van der Waals surface area (Å²) >= 11 is 0. The van der Waals surface area contributed by atoms with Gasteiger partial charge in [0.05, 0.1) is 6.04 Å². The molecule has 1 fully saturated rings. The first kappa shape index (κ1) is 15.5. The number of aromatic nitrogens is 2. The zero-order chi connectivity index (χ0) is 16.4. The Kier molecular flexibility index (Phi) is 4.27. The van der Waals surface area contributed by atoms with Crippen LogP contribution < -0.4 is 10.1 Å². The second-order valence-corrected chi connectivity index (χ2v) is 5.59. The van der Waals surface area contributed by atoms with Gasteiger partial charge in [-0.05, 0) is 37.0 Å². The molecule has 122 valence electrons. The van der Waals surface area contributed by atoms with Crippen LogP contribution in [0.4, 0.5) is 8.78 Å². The standard InChI is InChI=1S/C16H17F2N3O2/c1-21-8-7-19-14(21)13(10-5-6-10)20-15(22)11-3-2-4-12(9-11)23-16(17)18/h2-4,7-10,13,16H,5-6H2,1H3,(H,20,22)/t13-/m0/s1. The molecule has 0 aliphatic heterocycles. The van der Waals surface area contributed by atoms with Crippen LogP contribution in [0.3, 0.4) is 0 Å². The Morgan fingerprint density at radius 1 is 1.43 bits per heavy atom. The number of hydrogen-bond acceptors (Lipinski definition) is 3. The molecule has 1 N–H and O–H groups in total. The molecule has 0 bridgehead atoms. The van der Waals surface area contributed by atoms with E-state index in [0.717, 1.165) is 18.7 Å². The maximum Gasteiger partial charge on any atom is 0.387 e. The van der Waals surface area contributed by atoms with Crippen LogP contribution in [-0.2, 0) is 7.05 Å². The predicted molar refractivity (Wildman–Crippen MR) is 79.2 cm³/mol. The van der Waals surface area contributed by atoms with Crippen molar-refractivity contribution in [2.45, 2.75) is 25.5 Å². The number of amides is 1. The van der Waals surface area contributed by atoms with E-state index in [9.17, 15) is 13.6 Å². The second-order valence-electron chi connectivity index (χ2n) is 5.59. The van der Waals surface area contributed by atoms with Crippen LogP contribution >= 0.6 is 0 Å². The molecular formula is C16H17F2N3O2. The average molecular weight is 321 g/mol. The average Bonchev–Trinajstić information content (AvgIpc) is 3.26. The third kappa shape index (κ3) is 3.67. The molecule has 1 aromatic carbocycles. The molecule has 1 amide bonds. The molecule has 3 rings (SSSR count). The Balaban J connectivity index is 1.76. The molecule has 1 saturated carbocycles. The fourth-order valence-electron chi connectivity index (χ4n) is 2.54. The largest absolute Gasteiger partial charge is 0.435 e. The molecule has 2 aromatic rings. The van der Waals surface area contributed by atoms with Crippen molar-refractivity contribution in [1.82, 2.24) is 14.9 Å². The van der Waals surface area contributed by atoms with E-state index in [0.29, 0.717) is 5.92 Å². The molecule has 1 heterocycles. The lowest BCUT2D eigenvalue weighted by Gasteiger charge is -2.18. The van der Waals surface area contributed by atoms with Gasteiger partial charge in [0.1, 0.15) is 11.6 Å². The highest BCUT2D eigenvalue weighted by Crippen LogP contribution is 2.40. The fraction of sp³-hybridized carbons (Fsp3) is 0.375. The van der Waals surface area contributed by atoms with Gasteiger partial charge in [0.2, 0.25) is 0 Å². The van der Waals surface area contributed by atoms with Gasteiger partial charge in [-0.2, -0.15) is 8.78 Å². The fourth-order valence-corrected chi connectivity index (χ4v) is 2.54. The van der Waals surface area contributed by atoms with Crippen molar-refractivity contribution in [3.05, 3.63) is 48.0 Å². The van der Waals surface area contributed by atoms with Crippen LogP contribution in [-0.4, -0.2) is 22.1 Å². The quantitative estimate of drug-likeness (QED) is 0.890. The van der Waals surface area contributed by atoms with Crippen molar-refractivity contribution in [1.29, 1.82) is 0 Å². The Morgan fingerprint density at radius 2 is 2.22 bits per heavy atom. The number of imidazole rings is 1. The maximum absolute atomic E-state index is 12.4. The van der Waals surface area contributed by atoms with Crippen molar-refractivity contribution in [2.24, 2.45) is 13.0 Å². The van der Waals surface area contributed by atoms with E-state index in [1.807, 2.05) is 17.8 Å². The Bertz CT molecular complexity index is 698. The zero-order valence-electron chi connectivity index (χ0n) is 12.6. The number of nitrogens with zero attached hydrogens (tertiary/aromatic N) is 2. The lowest BCUT2D eigenvalue weighted by molar-refractivity contribution is -0.0498. The summed E-state index contributed by atoms with van der Waals surface area (Å²) in [5.74, 6) is 0.790. The number of aryl methyl sites for hydroxylation is 1. The van der Waals surface area contributed by atoms with Gasteiger partial charge in [0, 0.05) is 25.0 Å². The predicted octanol–water partition coefficient (Wildman–Crippen LogP) is 2.90. The first-order chi connectivity index (χ1) is 11.0. The highest BCUT2D eigenvalue weighted by Gasteiger charge is 2.35. The zero-order valence-corrected chi connectivity index (χ0v) is 12.6. The summed E-state index contributed by atoms with van der Waals surface area (Å²) in [5.41, 5.74) is 0.281. The highest BCUT2D eigenvalue weighted by atomic mass is 19.3. The van der Waals surface area contributed by atoms with Crippen LogP contribution in [0.5, 0.6) is 5.75 Å². The normalized spacial score (nSPS) is 15.5. The Hall–Kier alpha value is -2.44. The van der Waals surface area contributed by atoms with E-state index in [4.69, 9.17) is 0 Å². The van der Waals surface area contributed by atoms with Crippen LogP contribution in [0.1, 0.15) is 35.1 Å². The minimum atomic E-state index is -2.92. The molecule has 7 heteroatoms. The van der Waals surface area contributed by atoms with Gasteiger partial charge in [-0.15, -0.1) is 0 Å². The summed E-state index contributed by atoms with van der Waals surface area (Å²) in [6, 6.07) is 5.60. The summed E-state index contributed by atoms with van der Waals surface area (Å²) in [5, 5.41) is 2.95. The second kappa shape index (κ2) is 6.36. The molecule has 0 unspecified atom stereocenters.